The first-order valence-corrected chi connectivity index (χ1v) is 6.00. The maximum absolute atomic E-state index is 5.63. The van der Waals surface area contributed by atoms with Crippen LogP contribution in [0.1, 0.15) is 33.6 Å². The molecule has 1 saturated heterocycles. The molecule has 0 atom stereocenters. The predicted molar refractivity (Wildman–Crippen MR) is 62.1 cm³/mol. The molecular formula is C12H25NO2. The van der Waals surface area contributed by atoms with Gasteiger partial charge in [0.25, 0.3) is 0 Å². The van der Waals surface area contributed by atoms with Crippen LogP contribution in [0.2, 0.25) is 0 Å². The standard InChI is InChI=1S/C12H25NO2/c1-12(2,3)15-9-6-13-10-11-4-7-14-8-5-11/h11,13H,4-10H2,1-3H3. The molecule has 0 bridgehead atoms. The minimum Gasteiger partial charge on any atom is -0.381 e. The summed E-state index contributed by atoms with van der Waals surface area (Å²) in [7, 11) is 0. The zero-order valence-electron chi connectivity index (χ0n) is 10.3. The summed E-state index contributed by atoms with van der Waals surface area (Å²) in [5.74, 6) is 0.799. The Bertz CT molecular complexity index is 159. The minimum atomic E-state index is -0.0135. The lowest BCUT2D eigenvalue weighted by Gasteiger charge is -2.23. The summed E-state index contributed by atoms with van der Waals surface area (Å²) in [4.78, 5) is 0. The van der Waals surface area contributed by atoms with Crippen molar-refractivity contribution in [2.45, 2.75) is 39.2 Å². The first-order valence-electron chi connectivity index (χ1n) is 6.00. The van der Waals surface area contributed by atoms with Gasteiger partial charge in [0.15, 0.2) is 0 Å². The lowest BCUT2D eigenvalue weighted by molar-refractivity contribution is -0.00165. The first-order chi connectivity index (χ1) is 7.08. The lowest BCUT2D eigenvalue weighted by atomic mass is 10.0. The fraction of sp³-hybridized carbons (Fsp3) is 1.00. The number of hydrogen-bond acceptors (Lipinski definition) is 3. The van der Waals surface area contributed by atoms with E-state index < -0.39 is 0 Å². The van der Waals surface area contributed by atoms with E-state index in [1.807, 2.05) is 0 Å². The van der Waals surface area contributed by atoms with E-state index in [0.717, 1.165) is 38.8 Å². The maximum atomic E-state index is 5.63. The molecule has 0 aromatic heterocycles. The Morgan fingerprint density at radius 3 is 2.53 bits per heavy atom. The van der Waals surface area contributed by atoms with Gasteiger partial charge in [-0.25, -0.2) is 0 Å². The Balaban J connectivity index is 1.92. The van der Waals surface area contributed by atoms with Gasteiger partial charge in [0.1, 0.15) is 0 Å². The smallest absolute Gasteiger partial charge is 0.0599 e. The zero-order chi connectivity index (χ0) is 11.1. The van der Waals surface area contributed by atoms with Crippen LogP contribution in [0, 0.1) is 5.92 Å². The average molecular weight is 215 g/mol. The van der Waals surface area contributed by atoms with Crippen LogP contribution in [0.3, 0.4) is 0 Å². The summed E-state index contributed by atoms with van der Waals surface area (Å²) >= 11 is 0. The molecule has 0 radical (unpaired) electrons. The highest BCUT2D eigenvalue weighted by molar-refractivity contribution is 4.66. The van der Waals surface area contributed by atoms with Gasteiger partial charge in [-0.2, -0.15) is 0 Å². The molecule has 1 heterocycles. The van der Waals surface area contributed by atoms with E-state index in [0.29, 0.717) is 0 Å². The van der Waals surface area contributed by atoms with Crippen molar-refractivity contribution in [3.05, 3.63) is 0 Å². The molecule has 1 aliphatic heterocycles. The fourth-order valence-corrected chi connectivity index (χ4v) is 1.69. The van der Waals surface area contributed by atoms with Gasteiger partial charge in [0.2, 0.25) is 0 Å². The molecule has 0 saturated carbocycles. The Hall–Kier alpha value is -0.120. The molecule has 15 heavy (non-hydrogen) atoms. The fourth-order valence-electron chi connectivity index (χ4n) is 1.69. The van der Waals surface area contributed by atoms with Crippen molar-refractivity contribution in [2.75, 3.05) is 32.9 Å². The molecule has 1 fully saturated rings. The highest BCUT2D eigenvalue weighted by Crippen LogP contribution is 2.13. The number of rotatable bonds is 5. The summed E-state index contributed by atoms with van der Waals surface area (Å²) in [6.07, 6.45) is 2.40. The molecule has 0 aromatic carbocycles. The molecule has 3 nitrogen and oxygen atoms in total. The first kappa shape index (κ1) is 12.9. The quantitative estimate of drug-likeness (QED) is 0.710. The molecule has 0 unspecified atom stereocenters. The second-order valence-electron chi connectivity index (χ2n) is 5.22. The van der Waals surface area contributed by atoms with Gasteiger partial charge in [-0.3, -0.25) is 0 Å². The maximum Gasteiger partial charge on any atom is 0.0599 e. The third-order valence-corrected chi connectivity index (χ3v) is 2.59. The largest absolute Gasteiger partial charge is 0.381 e. The third-order valence-electron chi connectivity index (χ3n) is 2.59. The lowest BCUT2D eigenvalue weighted by Crippen LogP contribution is -2.31. The highest BCUT2D eigenvalue weighted by Gasteiger charge is 2.13. The van der Waals surface area contributed by atoms with Gasteiger partial charge in [-0.15, -0.1) is 0 Å². The monoisotopic (exact) mass is 215 g/mol. The van der Waals surface area contributed by atoms with Crippen LogP contribution in [0.4, 0.5) is 0 Å². The third kappa shape index (κ3) is 6.88. The summed E-state index contributed by atoms with van der Waals surface area (Å²) in [5, 5.41) is 3.45. The molecule has 3 heteroatoms. The van der Waals surface area contributed by atoms with Gasteiger partial charge >= 0.3 is 0 Å². The van der Waals surface area contributed by atoms with Crippen LogP contribution in [0.5, 0.6) is 0 Å². The molecule has 90 valence electrons. The van der Waals surface area contributed by atoms with E-state index in [-0.39, 0.29) is 5.60 Å². The summed E-state index contributed by atoms with van der Waals surface area (Å²) in [5.41, 5.74) is -0.0135. The van der Waals surface area contributed by atoms with Gasteiger partial charge < -0.3 is 14.8 Å². The van der Waals surface area contributed by atoms with Crippen LogP contribution < -0.4 is 5.32 Å². The van der Waals surface area contributed by atoms with E-state index in [9.17, 15) is 0 Å². The highest BCUT2D eigenvalue weighted by atomic mass is 16.5. The van der Waals surface area contributed by atoms with Crippen molar-refractivity contribution in [1.82, 2.24) is 5.32 Å². The second kappa shape index (κ2) is 6.46. The van der Waals surface area contributed by atoms with Crippen LogP contribution in [0.25, 0.3) is 0 Å². The van der Waals surface area contributed by atoms with E-state index in [1.54, 1.807) is 0 Å². The van der Waals surface area contributed by atoms with Crippen molar-refractivity contribution >= 4 is 0 Å². The van der Waals surface area contributed by atoms with E-state index in [2.05, 4.69) is 26.1 Å². The molecule has 0 spiro atoms. The van der Waals surface area contributed by atoms with Crippen LogP contribution in [-0.4, -0.2) is 38.5 Å². The van der Waals surface area contributed by atoms with Crippen LogP contribution in [0.15, 0.2) is 0 Å². The molecule has 1 aliphatic rings. The van der Waals surface area contributed by atoms with Crippen molar-refractivity contribution in [3.8, 4) is 0 Å². The molecule has 1 rings (SSSR count). The van der Waals surface area contributed by atoms with Crippen LogP contribution >= 0.6 is 0 Å². The Kier molecular flexibility index (Phi) is 5.58. The number of ether oxygens (including phenoxy) is 2. The van der Waals surface area contributed by atoms with Gasteiger partial charge in [0, 0.05) is 19.8 Å². The van der Waals surface area contributed by atoms with Crippen molar-refractivity contribution in [2.24, 2.45) is 5.92 Å². The predicted octanol–water partition coefficient (Wildman–Crippen LogP) is 1.82. The van der Waals surface area contributed by atoms with Gasteiger partial charge in [0.05, 0.1) is 12.2 Å². The molecule has 0 amide bonds. The number of nitrogens with one attached hydrogen (secondary N) is 1. The van der Waals surface area contributed by atoms with E-state index >= 15 is 0 Å². The Labute approximate surface area is 93.5 Å². The van der Waals surface area contributed by atoms with Crippen LogP contribution in [-0.2, 0) is 9.47 Å². The van der Waals surface area contributed by atoms with Crippen molar-refractivity contribution in [1.29, 1.82) is 0 Å². The molecule has 1 N–H and O–H groups in total. The topological polar surface area (TPSA) is 30.5 Å². The minimum absolute atomic E-state index is 0.0135. The second-order valence-corrected chi connectivity index (χ2v) is 5.22. The number of hydrogen-bond donors (Lipinski definition) is 1. The summed E-state index contributed by atoms with van der Waals surface area (Å²) < 4.78 is 11.0. The van der Waals surface area contributed by atoms with Crippen molar-refractivity contribution < 1.29 is 9.47 Å². The Morgan fingerprint density at radius 2 is 1.93 bits per heavy atom. The van der Waals surface area contributed by atoms with E-state index in [4.69, 9.17) is 9.47 Å². The average Bonchev–Trinajstić information content (AvgIpc) is 2.17. The summed E-state index contributed by atoms with van der Waals surface area (Å²) in [6.45, 7) is 11.0. The van der Waals surface area contributed by atoms with Gasteiger partial charge in [-0.05, 0) is 46.1 Å². The van der Waals surface area contributed by atoms with E-state index in [1.165, 1.54) is 12.8 Å². The SMILES string of the molecule is CC(C)(C)OCCNCC1CCOCC1. The normalized spacial score (nSPS) is 19.4. The molecular weight excluding hydrogens is 190 g/mol. The Morgan fingerprint density at radius 1 is 1.27 bits per heavy atom. The molecule has 0 aliphatic carbocycles. The van der Waals surface area contributed by atoms with Crippen molar-refractivity contribution in [3.63, 3.8) is 0 Å². The molecule has 0 aromatic rings. The van der Waals surface area contributed by atoms with Gasteiger partial charge in [-0.1, -0.05) is 0 Å². The zero-order valence-corrected chi connectivity index (χ0v) is 10.3. The summed E-state index contributed by atoms with van der Waals surface area (Å²) in [6, 6.07) is 0.